The number of amides is 1. The molecule has 0 saturated heterocycles. The number of aromatic carboxylic acids is 1. The smallest absolute Gasteiger partial charge is 0.357 e. The van der Waals surface area contributed by atoms with Gasteiger partial charge in [0.1, 0.15) is 10.8 Å². The summed E-state index contributed by atoms with van der Waals surface area (Å²) in [6, 6.07) is 2.80. The number of hydrazine groups is 1. The van der Waals surface area contributed by atoms with E-state index in [4.69, 9.17) is 10.9 Å². The normalized spacial score (nSPS) is 11.1. The molecule has 2 aromatic rings. The second kappa shape index (κ2) is 7.52. The van der Waals surface area contributed by atoms with Crippen LogP contribution in [0.2, 0.25) is 0 Å². The Labute approximate surface area is 144 Å². The summed E-state index contributed by atoms with van der Waals surface area (Å²) < 4.78 is 40.6. The number of carboxylic acid groups (broad SMARTS) is 1. The Morgan fingerprint density at radius 1 is 1.36 bits per heavy atom. The van der Waals surface area contributed by atoms with Crippen LogP contribution in [0.25, 0.3) is 0 Å². The molecule has 0 spiro atoms. The topological polar surface area (TPSA) is 164 Å². The third kappa shape index (κ3) is 4.48. The number of hydrogen-bond donors (Lipinski definition) is 5. The monoisotopic (exact) mass is 389 g/mol. The number of thiazole rings is 1. The molecule has 1 aromatic heterocycles. The molecule has 0 bridgehead atoms. The van der Waals surface area contributed by atoms with Gasteiger partial charge in [0, 0.05) is 0 Å². The van der Waals surface area contributed by atoms with E-state index in [1.807, 2.05) is 4.72 Å². The lowest BCUT2D eigenvalue weighted by Crippen LogP contribution is -2.32. The Morgan fingerprint density at radius 3 is 2.68 bits per heavy atom. The molecule has 1 aromatic carbocycles. The fraction of sp³-hybridized carbons (Fsp3) is 0.0833. The molecule has 0 radical (unpaired) electrons. The maximum Gasteiger partial charge on any atom is 0.357 e. The van der Waals surface area contributed by atoms with Crippen molar-refractivity contribution in [3.8, 4) is 0 Å². The predicted molar refractivity (Wildman–Crippen MR) is 87.1 cm³/mol. The number of carboxylic acids is 1. The summed E-state index contributed by atoms with van der Waals surface area (Å²) in [6.45, 7) is -0.260. The Bertz CT molecular complexity index is 914. The second-order valence-electron chi connectivity index (χ2n) is 4.51. The van der Waals surface area contributed by atoms with E-state index in [1.54, 1.807) is 0 Å². The highest BCUT2D eigenvalue weighted by atomic mass is 32.2. The Morgan fingerprint density at radius 2 is 2.08 bits per heavy atom. The van der Waals surface area contributed by atoms with Crippen LogP contribution in [-0.2, 0) is 14.8 Å². The average Bonchev–Trinajstić information content (AvgIpc) is 2.97. The fourth-order valence-corrected chi connectivity index (χ4v) is 3.70. The van der Waals surface area contributed by atoms with Gasteiger partial charge in [-0.15, -0.1) is 11.3 Å². The SMILES string of the molecule is NNCC(=O)Nc1ccc(S(=O)(=O)Nc2scnc2C(=O)O)cc1F. The number of aromatic nitrogens is 1. The van der Waals surface area contributed by atoms with Crippen LogP contribution >= 0.6 is 11.3 Å². The summed E-state index contributed by atoms with van der Waals surface area (Å²) in [6.07, 6.45) is 0. The number of halogens is 1. The van der Waals surface area contributed by atoms with Crippen molar-refractivity contribution in [2.45, 2.75) is 4.90 Å². The van der Waals surface area contributed by atoms with Crippen LogP contribution in [0, 0.1) is 5.82 Å². The molecule has 134 valence electrons. The van der Waals surface area contributed by atoms with Crippen LogP contribution in [0.5, 0.6) is 0 Å². The minimum absolute atomic E-state index is 0.209. The van der Waals surface area contributed by atoms with Crippen LogP contribution in [-0.4, -0.2) is 36.9 Å². The van der Waals surface area contributed by atoms with Gasteiger partial charge in [-0.05, 0) is 18.2 Å². The largest absolute Gasteiger partial charge is 0.476 e. The van der Waals surface area contributed by atoms with Crippen molar-refractivity contribution in [1.82, 2.24) is 10.4 Å². The summed E-state index contributed by atoms with van der Waals surface area (Å²) in [7, 11) is -4.25. The zero-order valence-electron chi connectivity index (χ0n) is 12.3. The van der Waals surface area contributed by atoms with Crippen LogP contribution in [0.3, 0.4) is 0 Å². The van der Waals surface area contributed by atoms with E-state index in [9.17, 15) is 22.4 Å². The molecule has 0 fully saturated rings. The van der Waals surface area contributed by atoms with E-state index < -0.39 is 38.3 Å². The first-order valence-corrected chi connectivity index (χ1v) is 8.83. The molecule has 0 aliphatic carbocycles. The lowest BCUT2D eigenvalue weighted by molar-refractivity contribution is -0.115. The summed E-state index contributed by atoms with van der Waals surface area (Å²) in [4.78, 5) is 25.4. The summed E-state index contributed by atoms with van der Waals surface area (Å²) in [5.74, 6) is 1.95. The van der Waals surface area contributed by atoms with Crippen molar-refractivity contribution in [3.05, 3.63) is 35.2 Å². The van der Waals surface area contributed by atoms with Crippen LogP contribution in [0.4, 0.5) is 15.1 Å². The first-order chi connectivity index (χ1) is 11.7. The number of carbonyl (C=O) groups excluding carboxylic acids is 1. The van der Waals surface area contributed by atoms with Gasteiger partial charge in [0.15, 0.2) is 5.69 Å². The molecule has 0 aliphatic rings. The Kier molecular flexibility index (Phi) is 5.63. The fourth-order valence-electron chi connectivity index (χ4n) is 1.70. The molecule has 0 unspecified atom stereocenters. The lowest BCUT2D eigenvalue weighted by atomic mass is 10.3. The third-order valence-electron chi connectivity index (χ3n) is 2.78. The molecule has 0 saturated carbocycles. The number of nitrogens with two attached hydrogens (primary N) is 1. The van der Waals surface area contributed by atoms with Crippen molar-refractivity contribution in [2.75, 3.05) is 16.6 Å². The molecule has 6 N–H and O–H groups in total. The standard InChI is InChI=1S/C12H12FN5O5S2/c13-7-3-6(1-2-8(7)17-9(19)4-16-14)25(22,23)18-11-10(12(20)21)15-5-24-11/h1-3,5,16,18H,4,14H2,(H,17,19)(H,20,21). The van der Waals surface area contributed by atoms with Crippen molar-refractivity contribution in [2.24, 2.45) is 5.84 Å². The molecule has 1 amide bonds. The molecule has 1 heterocycles. The molecular weight excluding hydrogens is 377 g/mol. The zero-order valence-corrected chi connectivity index (χ0v) is 13.9. The van der Waals surface area contributed by atoms with Gasteiger partial charge >= 0.3 is 5.97 Å². The van der Waals surface area contributed by atoms with E-state index in [2.05, 4.69) is 15.7 Å². The summed E-state index contributed by atoms with van der Waals surface area (Å²) in [5.41, 5.74) is 2.55. The average molecular weight is 389 g/mol. The highest BCUT2D eigenvalue weighted by molar-refractivity contribution is 7.93. The van der Waals surface area contributed by atoms with Gasteiger partial charge in [-0.3, -0.25) is 20.8 Å². The van der Waals surface area contributed by atoms with E-state index in [0.717, 1.165) is 29.0 Å². The van der Waals surface area contributed by atoms with Gasteiger partial charge in [-0.2, -0.15) is 0 Å². The Balaban J connectivity index is 2.25. The Hall–Kier alpha value is -2.61. The third-order valence-corrected chi connectivity index (χ3v) is 5.00. The van der Waals surface area contributed by atoms with Gasteiger partial charge in [-0.1, -0.05) is 0 Å². The summed E-state index contributed by atoms with van der Waals surface area (Å²) in [5, 5.41) is 10.9. The van der Waals surface area contributed by atoms with E-state index >= 15 is 0 Å². The van der Waals surface area contributed by atoms with Crippen LogP contribution in [0.15, 0.2) is 28.6 Å². The number of nitrogens with zero attached hydrogens (tertiary/aromatic N) is 1. The molecule has 13 heteroatoms. The quantitative estimate of drug-likeness (QED) is 0.331. The molecule has 0 aliphatic heterocycles. The van der Waals surface area contributed by atoms with Crippen LogP contribution in [0.1, 0.15) is 10.5 Å². The van der Waals surface area contributed by atoms with Crippen LogP contribution < -0.4 is 21.3 Å². The molecular formula is C12H12FN5O5S2. The highest BCUT2D eigenvalue weighted by Gasteiger charge is 2.22. The van der Waals surface area contributed by atoms with Gasteiger partial charge in [0.05, 0.1) is 22.6 Å². The summed E-state index contributed by atoms with van der Waals surface area (Å²) >= 11 is 0.769. The molecule has 2 rings (SSSR count). The molecule has 0 atom stereocenters. The van der Waals surface area contributed by atoms with Gasteiger partial charge in [0.25, 0.3) is 10.0 Å². The minimum Gasteiger partial charge on any atom is -0.476 e. The maximum atomic E-state index is 14.0. The maximum absolute atomic E-state index is 14.0. The number of anilines is 2. The minimum atomic E-state index is -4.25. The van der Waals surface area contributed by atoms with Gasteiger partial charge < -0.3 is 10.4 Å². The second-order valence-corrected chi connectivity index (χ2v) is 7.05. The number of benzene rings is 1. The highest BCUT2D eigenvalue weighted by Crippen LogP contribution is 2.25. The number of carbonyl (C=O) groups is 2. The van der Waals surface area contributed by atoms with E-state index in [-0.39, 0.29) is 17.2 Å². The number of nitrogens with one attached hydrogen (secondary N) is 3. The van der Waals surface area contributed by atoms with Crippen molar-refractivity contribution in [1.29, 1.82) is 0 Å². The number of rotatable bonds is 7. The number of hydrogen-bond acceptors (Lipinski definition) is 8. The first-order valence-electron chi connectivity index (χ1n) is 6.47. The van der Waals surface area contributed by atoms with E-state index in [1.165, 1.54) is 0 Å². The zero-order chi connectivity index (χ0) is 18.6. The lowest BCUT2D eigenvalue weighted by Gasteiger charge is -2.10. The van der Waals surface area contributed by atoms with Crippen molar-refractivity contribution >= 4 is 43.9 Å². The van der Waals surface area contributed by atoms with Crippen molar-refractivity contribution in [3.63, 3.8) is 0 Å². The van der Waals surface area contributed by atoms with Gasteiger partial charge in [0.2, 0.25) is 5.91 Å². The molecule has 10 nitrogen and oxygen atoms in total. The van der Waals surface area contributed by atoms with Gasteiger partial charge in [-0.25, -0.2) is 22.6 Å². The van der Waals surface area contributed by atoms with E-state index in [0.29, 0.717) is 6.07 Å². The first kappa shape index (κ1) is 18.7. The number of sulfonamides is 1. The van der Waals surface area contributed by atoms with Crippen molar-refractivity contribution < 1.29 is 27.5 Å². The predicted octanol–water partition coefficient (Wildman–Crippen LogP) is 0.183. The molecule has 25 heavy (non-hydrogen) atoms.